The summed E-state index contributed by atoms with van der Waals surface area (Å²) in [5.41, 5.74) is 8.62. The Morgan fingerprint density at radius 1 is 1.32 bits per heavy atom. The summed E-state index contributed by atoms with van der Waals surface area (Å²) in [7, 11) is 0. The van der Waals surface area contributed by atoms with Crippen LogP contribution in [0.25, 0.3) is 21.6 Å². The van der Waals surface area contributed by atoms with Gasteiger partial charge in [-0.05, 0) is 35.9 Å². The molecule has 5 N–H and O–H groups in total. The van der Waals surface area contributed by atoms with Crippen molar-refractivity contribution in [1.82, 2.24) is 4.98 Å². The lowest BCUT2D eigenvalue weighted by Crippen LogP contribution is -2.12. The van der Waals surface area contributed by atoms with Gasteiger partial charge in [-0.1, -0.05) is 29.3 Å². The van der Waals surface area contributed by atoms with Crippen molar-refractivity contribution in [2.45, 2.75) is 6.92 Å². The number of hydrogen-bond donors (Lipinski definition) is 4. The molecular formula is C21H20Cl2N6OS. The van der Waals surface area contributed by atoms with E-state index in [0.717, 1.165) is 27.9 Å². The molecule has 0 unspecified atom stereocenters. The fraction of sp³-hybridized carbons (Fsp3) is 0.143. The Morgan fingerprint density at radius 2 is 2.06 bits per heavy atom. The number of pyridine rings is 1. The lowest BCUT2D eigenvalue weighted by atomic mass is 10.0. The first kappa shape index (κ1) is 24.3. The summed E-state index contributed by atoms with van der Waals surface area (Å²) in [4.78, 5) is 9.82. The topological polar surface area (TPSA) is 131 Å². The Kier molecular flexibility index (Phi) is 9.43. The molecule has 2 heterocycles. The SMILES string of the molecule is CC#N.N=CN=C(N)c1sc(-c2ccnc(NCCO)c2)cc1-c1ccc(Cl)cc1Cl. The van der Waals surface area contributed by atoms with Crippen molar-refractivity contribution >= 4 is 52.5 Å². The molecule has 0 fully saturated rings. The molecule has 0 amide bonds. The molecule has 10 heteroatoms. The number of amidine groups is 1. The molecule has 0 saturated carbocycles. The van der Waals surface area contributed by atoms with E-state index in [1.165, 1.54) is 18.3 Å². The van der Waals surface area contributed by atoms with Crippen LogP contribution in [0.3, 0.4) is 0 Å². The number of thiophene rings is 1. The van der Waals surface area contributed by atoms with E-state index in [1.807, 2.05) is 24.3 Å². The molecule has 3 rings (SSSR count). The minimum Gasteiger partial charge on any atom is -0.395 e. The van der Waals surface area contributed by atoms with E-state index in [1.54, 1.807) is 24.4 Å². The Balaban J connectivity index is 0.00000107. The highest BCUT2D eigenvalue weighted by atomic mass is 35.5. The van der Waals surface area contributed by atoms with Crippen molar-refractivity contribution < 1.29 is 5.11 Å². The van der Waals surface area contributed by atoms with Gasteiger partial charge in [-0.15, -0.1) is 11.3 Å². The molecule has 160 valence electrons. The van der Waals surface area contributed by atoms with E-state index >= 15 is 0 Å². The van der Waals surface area contributed by atoms with E-state index in [0.29, 0.717) is 27.3 Å². The first-order valence-electron chi connectivity index (χ1n) is 8.99. The van der Waals surface area contributed by atoms with Crippen molar-refractivity contribution in [2.24, 2.45) is 10.7 Å². The summed E-state index contributed by atoms with van der Waals surface area (Å²) in [6.07, 6.45) is 2.60. The third-order valence-electron chi connectivity index (χ3n) is 3.85. The van der Waals surface area contributed by atoms with Gasteiger partial charge >= 0.3 is 0 Å². The molecule has 31 heavy (non-hydrogen) atoms. The quantitative estimate of drug-likeness (QED) is 0.281. The van der Waals surface area contributed by atoms with Crippen LogP contribution in [0.2, 0.25) is 10.0 Å². The van der Waals surface area contributed by atoms with Gasteiger partial charge in [0.25, 0.3) is 0 Å². The van der Waals surface area contributed by atoms with Crippen LogP contribution in [0.1, 0.15) is 11.8 Å². The van der Waals surface area contributed by atoms with Gasteiger partial charge in [0.1, 0.15) is 18.0 Å². The number of hydrogen-bond acceptors (Lipinski definition) is 6. The monoisotopic (exact) mass is 474 g/mol. The molecule has 1 aromatic carbocycles. The highest BCUT2D eigenvalue weighted by Gasteiger charge is 2.18. The second-order valence-corrected chi connectivity index (χ2v) is 7.82. The average Bonchev–Trinajstić information content (AvgIpc) is 3.18. The third-order valence-corrected chi connectivity index (χ3v) is 5.61. The Hall–Kier alpha value is -2.96. The van der Waals surface area contributed by atoms with Crippen LogP contribution in [0, 0.1) is 16.7 Å². The second-order valence-electron chi connectivity index (χ2n) is 5.92. The lowest BCUT2D eigenvalue weighted by Gasteiger charge is -2.06. The van der Waals surface area contributed by atoms with Gasteiger partial charge in [0.15, 0.2) is 0 Å². The largest absolute Gasteiger partial charge is 0.395 e. The fourth-order valence-corrected chi connectivity index (χ4v) is 4.21. The molecule has 0 aliphatic carbocycles. The number of aliphatic imine (C=N–C) groups is 1. The molecule has 0 spiro atoms. The summed E-state index contributed by atoms with van der Waals surface area (Å²) in [6.45, 7) is 1.86. The molecule has 0 bridgehead atoms. The summed E-state index contributed by atoms with van der Waals surface area (Å²) < 4.78 is 0. The number of benzene rings is 1. The van der Waals surface area contributed by atoms with Gasteiger partial charge in [0.2, 0.25) is 0 Å². The minimum atomic E-state index is 0.0187. The molecule has 7 nitrogen and oxygen atoms in total. The summed E-state index contributed by atoms with van der Waals surface area (Å²) in [6, 6.07) is 12.8. The predicted octanol–water partition coefficient (Wildman–Crippen LogP) is 5.03. The molecule has 0 radical (unpaired) electrons. The maximum atomic E-state index is 8.98. The van der Waals surface area contributed by atoms with Gasteiger partial charge in [-0.2, -0.15) is 5.26 Å². The third kappa shape index (κ3) is 6.51. The van der Waals surface area contributed by atoms with Crippen LogP contribution in [0.5, 0.6) is 0 Å². The standard InChI is InChI=1S/C19H17Cl2N5OS.C2H3N/c20-12-1-2-13(15(21)8-12)14-9-16(28-18(14)19(23)26-10-22)11-3-4-24-17(7-11)25-5-6-27;1-2-3/h1-4,7-10,27H,5-6H2,(H,24,25)(H3,22,23,26);1H3. The van der Waals surface area contributed by atoms with E-state index in [2.05, 4.69) is 15.3 Å². The zero-order valence-electron chi connectivity index (χ0n) is 16.6. The highest BCUT2D eigenvalue weighted by Crippen LogP contribution is 2.40. The van der Waals surface area contributed by atoms with Crippen molar-refractivity contribution in [2.75, 3.05) is 18.5 Å². The van der Waals surface area contributed by atoms with Crippen LogP contribution >= 0.6 is 34.5 Å². The normalized spacial score (nSPS) is 10.6. The van der Waals surface area contributed by atoms with Crippen LogP contribution in [-0.2, 0) is 0 Å². The maximum Gasteiger partial charge on any atom is 0.143 e. The second kappa shape index (κ2) is 12.0. The number of halogens is 2. The summed E-state index contributed by atoms with van der Waals surface area (Å²) in [5, 5.41) is 27.6. The van der Waals surface area contributed by atoms with Crippen LogP contribution < -0.4 is 11.1 Å². The highest BCUT2D eigenvalue weighted by molar-refractivity contribution is 7.18. The smallest absolute Gasteiger partial charge is 0.143 e. The van der Waals surface area contributed by atoms with Gasteiger partial charge in [0, 0.05) is 45.7 Å². The Labute approximate surface area is 194 Å². The molecule has 0 atom stereocenters. The van der Waals surface area contributed by atoms with E-state index in [4.69, 9.17) is 44.7 Å². The molecule has 0 aliphatic rings. The van der Waals surface area contributed by atoms with Crippen molar-refractivity contribution in [3.05, 3.63) is 57.5 Å². The van der Waals surface area contributed by atoms with Gasteiger partial charge in [0.05, 0.1) is 17.6 Å². The van der Waals surface area contributed by atoms with E-state index in [-0.39, 0.29) is 12.4 Å². The van der Waals surface area contributed by atoms with Crippen LogP contribution in [-0.4, -0.2) is 35.4 Å². The molecule has 2 aromatic heterocycles. The first-order valence-corrected chi connectivity index (χ1v) is 10.6. The average molecular weight is 475 g/mol. The molecule has 0 aliphatic heterocycles. The molecular weight excluding hydrogens is 455 g/mol. The lowest BCUT2D eigenvalue weighted by molar-refractivity contribution is 0.311. The molecule has 3 aromatic rings. The molecule has 0 saturated heterocycles. The zero-order chi connectivity index (χ0) is 22.8. The number of aliphatic hydroxyl groups excluding tert-OH is 1. The summed E-state index contributed by atoms with van der Waals surface area (Å²) in [5.74, 6) is 0.897. The minimum absolute atomic E-state index is 0.0187. The Morgan fingerprint density at radius 3 is 2.71 bits per heavy atom. The number of anilines is 1. The number of aromatic nitrogens is 1. The van der Waals surface area contributed by atoms with Gasteiger partial charge in [-0.3, -0.25) is 5.41 Å². The number of rotatable bonds is 7. The van der Waals surface area contributed by atoms with Crippen LogP contribution in [0.4, 0.5) is 5.82 Å². The van der Waals surface area contributed by atoms with Gasteiger partial charge in [-0.25, -0.2) is 9.98 Å². The van der Waals surface area contributed by atoms with E-state index in [9.17, 15) is 0 Å². The predicted molar refractivity (Wildman–Crippen MR) is 129 cm³/mol. The van der Waals surface area contributed by atoms with Gasteiger partial charge < -0.3 is 16.2 Å². The van der Waals surface area contributed by atoms with E-state index < -0.39 is 0 Å². The Bertz CT molecular complexity index is 1120. The number of nitrogens with zero attached hydrogens (tertiary/aromatic N) is 3. The van der Waals surface area contributed by atoms with Crippen molar-refractivity contribution in [3.63, 3.8) is 0 Å². The summed E-state index contributed by atoms with van der Waals surface area (Å²) >= 11 is 13.9. The first-order chi connectivity index (χ1) is 14.9. The van der Waals surface area contributed by atoms with Crippen molar-refractivity contribution in [3.8, 4) is 27.6 Å². The fourth-order valence-electron chi connectivity index (χ4n) is 2.62. The zero-order valence-corrected chi connectivity index (χ0v) is 18.9. The number of nitrogens with two attached hydrogens (primary N) is 1. The maximum absolute atomic E-state index is 8.98. The number of nitrogens with one attached hydrogen (secondary N) is 2. The number of aliphatic hydroxyl groups is 1. The van der Waals surface area contributed by atoms with Crippen molar-refractivity contribution in [1.29, 1.82) is 10.7 Å². The van der Waals surface area contributed by atoms with Crippen LogP contribution in [0.15, 0.2) is 47.6 Å². The number of nitriles is 1.